The number of carbonyl (C=O) groups is 1. The number of nitrogens with zero attached hydrogens (tertiary/aromatic N) is 3. The molecule has 2 rings (SSSR count). The maximum Gasteiger partial charge on any atom is 0.223 e. The maximum atomic E-state index is 12.7. The number of aromatic nitrogens is 3. The van der Waals surface area contributed by atoms with Gasteiger partial charge in [-0.05, 0) is 24.1 Å². The summed E-state index contributed by atoms with van der Waals surface area (Å²) in [5, 5.41) is 6.43. The van der Waals surface area contributed by atoms with Crippen molar-refractivity contribution in [3.63, 3.8) is 0 Å². The number of halogens is 1. The highest BCUT2D eigenvalue weighted by molar-refractivity contribution is 5.76. The number of rotatable bonds is 5. The molecule has 1 amide bonds. The normalized spacial score (nSPS) is 10.4. The second-order valence-electron chi connectivity index (χ2n) is 4.31. The van der Waals surface area contributed by atoms with Gasteiger partial charge in [0, 0.05) is 13.5 Å². The SMILES string of the molecule is CN(Cc1ncn[nH]1)C(=O)CCc1ccc(F)cc1. The van der Waals surface area contributed by atoms with Crippen molar-refractivity contribution in [1.82, 2.24) is 20.1 Å². The van der Waals surface area contributed by atoms with E-state index >= 15 is 0 Å². The maximum absolute atomic E-state index is 12.7. The first-order chi connectivity index (χ1) is 9.15. The molecule has 0 fully saturated rings. The highest BCUT2D eigenvalue weighted by Crippen LogP contribution is 2.07. The first-order valence-electron chi connectivity index (χ1n) is 5.98. The number of hydrogen-bond donors (Lipinski definition) is 1. The summed E-state index contributed by atoms with van der Waals surface area (Å²) in [5.41, 5.74) is 0.947. The molecule has 2 aromatic rings. The second-order valence-corrected chi connectivity index (χ2v) is 4.31. The summed E-state index contributed by atoms with van der Waals surface area (Å²) in [6, 6.07) is 6.19. The van der Waals surface area contributed by atoms with Crippen molar-refractivity contribution < 1.29 is 9.18 Å². The summed E-state index contributed by atoms with van der Waals surface area (Å²) in [7, 11) is 1.72. The van der Waals surface area contributed by atoms with Crippen LogP contribution in [0.5, 0.6) is 0 Å². The fourth-order valence-electron chi connectivity index (χ4n) is 1.71. The number of amides is 1. The zero-order chi connectivity index (χ0) is 13.7. The zero-order valence-corrected chi connectivity index (χ0v) is 10.6. The van der Waals surface area contributed by atoms with Crippen LogP contribution in [0, 0.1) is 5.82 Å². The van der Waals surface area contributed by atoms with Crippen molar-refractivity contribution in [1.29, 1.82) is 0 Å². The Hall–Kier alpha value is -2.24. The quantitative estimate of drug-likeness (QED) is 0.889. The molecule has 19 heavy (non-hydrogen) atoms. The largest absolute Gasteiger partial charge is 0.338 e. The van der Waals surface area contributed by atoms with E-state index in [-0.39, 0.29) is 11.7 Å². The van der Waals surface area contributed by atoms with Crippen LogP contribution in [0.2, 0.25) is 0 Å². The number of aryl methyl sites for hydroxylation is 1. The summed E-state index contributed by atoms with van der Waals surface area (Å²) in [5.74, 6) is 0.399. The average Bonchev–Trinajstić information content (AvgIpc) is 2.90. The first-order valence-corrected chi connectivity index (χ1v) is 5.98. The third-order valence-electron chi connectivity index (χ3n) is 2.82. The lowest BCUT2D eigenvalue weighted by atomic mass is 10.1. The molecule has 0 aliphatic heterocycles. The number of H-pyrrole nitrogens is 1. The number of nitrogens with one attached hydrogen (secondary N) is 1. The Morgan fingerprint density at radius 1 is 1.37 bits per heavy atom. The molecule has 6 heteroatoms. The van der Waals surface area contributed by atoms with E-state index in [1.54, 1.807) is 24.1 Å². The molecule has 0 aliphatic rings. The smallest absolute Gasteiger partial charge is 0.223 e. The van der Waals surface area contributed by atoms with Crippen LogP contribution in [0.15, 0.2) is 30.6 Å². The summed E-state index contributed by atoms with van der Waals surface area (Å²) in [6.45, 7) is 0.405. The summed E-state index contributed by atoms with van der Waals surface area (Å²) < 4.78 is 12.7. The van der Waals surface area contributed by atoms with Gasteiger partial charge >= 0.3 is 0 Å². The van der Waals surface area contributed by atoms with Gasteiger partial charge < -0.3 is 4.90 Å². The topological polar surface area (TPSA) is 61.9 Å². The van der Waals surface area contributed by atoms with Gasteiger partial charge in [0.15, 0.2) is 0 Å². The van der Waals surface area contributed by atoms with Crippen LogP contribution < -0.4 is 0 Å². The van der Waals surface area contributed by atoms with E-state index in [9.17, 15) is 9.18 Å². The van der Waals surface area contributed by atoms with E-state index in [0.29, 0.717) is 25.2 Å². The van der Waals surface area contributed by atoms with Crippen molar-refractivity contribution in [2.45, 2.75) is 19.4 Å². The number of aromatic amines is 1. The van der Waals surface area contributed by atoms with Crippen molar-refractivity contribution in [2.75, 3.05) is 7.05 Å². The molecule has 5 nitrogen and oxygen atoms in total. The fourth-order valence-corrected chi connectivity index (χ4v) is 1.71. The molecule has 100 valence electrons. The minimum Gasteiger partial charge on any atom is -0.338 e. The van der Waals surface area contributed by atoms with E-state index in [2.05, 4.69) is 15.2 Å². The summed E-state index contributed by atoms with van der Waals surface area (Å²) >= 11 is 0. The average molecular weight is 262 g/mol. The molecule has 1 heterocycles. The monoisotopic (exact) mass is 262 g/mol. The zero-order valence-electron chi connectivity index (χ0n) is 10.6. The molecule has 0 aliphatic carbocycles. The van der Waals surface area contributed by atoms with Crippen molar-refractivity contribution in [3.05, 3.63) is 47.8 Å². The summed E-state index contributed by atoms with van der Waals surface area (Å²) in [6.07, 6.45) is 2.39. The van der Waals surface area contributed by atoms with E-state index in [4.69, 9.17) is 0 Å². The fraction of sp³-hybridized carbons (Fsp3) is 0.308. The highest BCUT2D eigenvalue weighted by Gasteiger charge is 2.10. The lowest BCUT2D eigenvalue weighted by molar-refractivity contribution is -0.130. The van der Waals surface area contributed by atoms with Gasteiger partial charge in [-0.25, -0.2) is 9.37 Å². The summed E-state index contributed by atoms with van der Waals surface area (Å²) in [4.78, 5) is 17.5. The van der Waals surface area contributed by atoms with Gasteiger partial charge in [0.25, 0.3) is 0 Å². The van der Waals surface area contributed by atoms with E-state index in [0.717, 1.165) is 5.56 Å². The molecule has 0 atom stereocenters. The molecule has 0 bridgehead atoms. The third-order valence-corrected chi connectivity index (χ3v) is 2.82. The molecule has 1 N–H and O–H groups in total. The minimum absolute atomic E-state index is 0.0146. The molecule has 0 saturated carbocycles. The van der Waals surface area contributed by atoms with Crippen LogP contribution >= 0.6 is 0 Å². The van der Waals surface area contributed by atoms with Crippen LogP contribution in [0.3, 0.4) is 0 Å². The predicted molar refractivity (Wildman–Crippen MR) is 67.6 cm³/mol. The Kier molecular flexibility index (Phi) is 4.22. The minimum atomic E-state index is -0.266. The van der Waals surface area contributed by atoms with E-state index in [1.165, 1.54) is 18.5 Å². The van der Waals surface area contributed by atoms with Crippen molar-refractivity contribution >= 4 is 5.91 Å². The molecular formula is C13H15FN4O. The predicted octanol–water partition coefficient (Wildman–Crippen LogP) is 1.53. The molecule has 0 unspecified atom stereocenters. The van der Waals surface area contributed by atoms with Gasteiger partial charge in [-0.2, -0.15) is 5.10 Å². The van der Waals surface area contributed by atoms with E-state index < -0.39 is 0 Å². The van der Waals surface area contributed by atoms with E-state index in [1.807, 2.05) is 0 Å². The lowest BCUT2D eigenvalue weighted by Gasteiger charge is -2.15. The second kappa shape index (κ2) is 6.08. The Balaban J connectivity index is 1.82. The standard InChI is InChI=1S/C13H15FN4O/c1-18(8-12-15-9-16-17-12)13(19)7-4-10-2-5-11(14)6-3-10/h2-3,5-6,9H,4,7-8H2,1H3,(H,15,16,17). The van der Waals surface area contributed by atoms with Crippen LogP contribution in [-0.2, 0) is 17.8 Å². The number of hydrogen-bond acceptors (Lipinski definition) is 3. The lowest BCUT2D eigenvalue weighted by Crippen LogP contribution is -2.26. The van der Waals surface area contributed by atoms with Gasteiger partial charge in [-0.15, -0.1) is 0 Å². The Bertz CT molecular complexity index is 524. The molecule has 0 saturated heterocycles. The molecule has 1 aromatic heterocycles. The third kappa shape index (κ3) is 3.87. The molecule has 0 spiro atoms. The van der Waals surface area contributed by atoms with Gasteiger partial charge in [0.1, 0.15) is 18.0 Å². The van der Waals surface area contributed by atoms with Crippen molar-refractivity contribution in [3.8, 4) is 0 Å². The van der Waals surface area contributed by atoms with Crippen LogP contribution in [-0.4, -0.2) is 33.0 Å². The number of benzene rings is 1. The first kappa shape index (κ1) is 13.2. The number of carbonyl (C=O) groups excluding carboxylic acids is 1. The molecule has 0 radical (unpaired) electrons. The van der Waals surface area contributed by atoms with Crippen LogP contribution in [0.4, 0.5) is 4.39 Å². The van der Waals surface area contributed by atoms with Crippen LogP contribution in [0.25, 0.3) is 0 Å². The van der Waals surface area contributed by atoms with Crippen molar-refractivity contribution in [2.24, 2.45) is 0 Å². The van der Waals surface area contributed by atoms with Gasteiger partial charge in [0.2, 0.25) is 5.91 Å². The van der Waals surface area contributed by atoms with Gasteiger partial charge in [-0.3, -0.25) is 9.89 Å². The molecule has 1 aromatic carbocycles. The molecular weight excluding hydrogens is 247 g/mol. The Labute approximate surface area is 110 Å². The van der Waals surface area contributed by atoms with Gasteiger partial charge in [0.05, 0.1) is 6.54 Å². The Morgan fingerprint density at radius 2 is 2.11 bits per heavy atom. The van der Waals surface area contributed by atoms with Crippen LogP contribution in [0.1, 0.15) is 17.8 Å². The van der Waals surface area contributed by atoms with Gasteiger partial charge in [-0.1, -0.05) is 12.1 Å². The highest BCUT2D eigenvalue weighted by atomic mass is 19.1. The Morgan fingerprint density at radius 3 is 2.74 bits per heavy atom.